The summed E-state index contributed by atoms with van der Waals surface area (Å²) >= 11 is 6.66. The fourth-order valence-corrected chi connectivity index (χ4v) is 3.24. The summed E-state index contributed by atoms with van der Waals surface area (Å²) in [6.07, 6.45) is -0.790. The Kier molecular flexibility index (Phi) is 4.60. The van der Waals surface area contributed by atoms with Crippen LogP contribution in [0.2, 0.25) is 0 Å². The van der Waals surface area contributed by atoms with Crippen LogP contribution in [-0.4, -0.2) is 32.5 Å². The number of aryl methyl sites for hydroxylation is 1. The third kappa shape index (κ3) is 3.16. The van der Waals surface area contributed by atoms with Crippen molar-refractivity contribution in [1.29, 1.82) is 0 Å². The molecule has 0 aromatic heterocycles. The molecule has 1 amide bonds. The number of hydrogen-bond acceptors (Lipinski definition) is 4. The highest BCUT2D eigenvalue weighted by molar-refractivity contribution is 8.23. The highest BCUT2D eigenvalue weighted by Crippen LogP contribution is 2.27. The fourth-order valence-electron chi connectivity index (χ4n) is 2.03. The second-order valence-electron chi connectivity index (χ2n) is 4.75. The van der Waals surface area contributed by atoms with Crippen molar-refractivity contribution in [2.24, 2.45) is 5.92 Å². The average molecular weight is 295 g/mol. The summed E-state index contributed by atoms with van der Waals surface area (Å²) in [5, 5.41) is 10.3. The van der Waals surface area contributed by atoms with Gasteiger partial charge in [-0.2, -0.15) is 0 Å². The Bertz CT molecular complexity index is 487. The van der Waals surface area contributed by atoms with Gasteiger partial charge in [-0.05, 0) is 12.5 Å². The van der Waals surface area contributed by atoms with Crippen LogP contribution in [0.4, 0.5) is 0 Å². The number of rotatable bonds is 3. The minimum atomic E-state index is -0.790. The van der Waals surface area contributed by atoms with Gasteiger partial charge in [-0.25, -0.2) is 0 Å². The average Bonchev–Trinajstić information content (AvgIpc) is 2.83. The highest BCUT2D eigenvalue weighted by atomic mass is 32.2. The van der Waals surface area contributed by atoms with E-state index in [0.717, 1.165) is 16.9 Å². The summed E-state index contributed by atoms with van der Waals surface area (Å²) in [7, 11) is 0. The van der Waals surface area contributed by atoms with Crippen LogP contribution in [0.5, 0.6) is 0 Å². The maximum absolute atomic E-state index is 12.3. The van der Waals surface area contributed by atoms with Gasteiger partial charge in [0.15, 0.2) is 0 Å². The SMILES string of the molecule is Cc1ccc([C@H](O)[C@@H](C)C(=O)N2CCSC2=S)cc1. The third-order valence-electron chi connectivity index (χ3n) is 3.31. The van der Waals surface area contributed by atoms with Crippen molar-refractivity contribution < 1.29 is 9.90 Å². The molecule has 1 aromatic carbocycles. The zero-order valence-electron chi connectivity index (χ0n) is 11.0. The maximum atomic E-state index is 12.3. The quantitative estimate of drug-likeness (QED) is 0.870. The van der Waals surface area contributed by atoms with E-state index in [0.29, 0.717) is 10.9 Å². The number of amides is 1. The largest absolute Gasteiger partial charge is 0.388 e. The molecule has 2 atom stereocenters. The first-order chi connectivity index (χ1) is 9.00. The number of aliphatic hydroxyl groups excluding tert-OH is 1. The number of thioether (sulfide) groups is 1. The van der Waals surface area contributed by atoms with Gasteiger partial charge in [0.1, 0.15) is 4.32 Å². The summed E-state index contributed by atoms with van der Waals surface area (Å²) < 4.78 is 0.618. The van der Waals surface area contributed by atoms with Crippen LogP contribution in [-0.2, 0) is 4.79 Å². The molecule has 1 N–H and O–H groups in total. The number of carbonyl (C=O) groups excluding carboxylic acids is 1. The molecule has 1 heterocycles. The first-order valence-corrected chi connectivity index (χ1v) is 7.63. The first kappa shape index (κ1) is 14.5. The Balaban J connectivity index is 2.10. The summed E-state index contributed by atoms with van der Waals surface area (Å²) in [6, 6.07) is 7.60. The number of nitrogens with zero attached hydrogens (tertiary/aromatic N) is 1. The molecule has 1 aliphatic heterocycles. The van der Waals surface area contributed by atoms with E-state index in [9.17, 15) is 9.90 Å². The normalized spacial score (nSPS) is 18.5. The molecule has 1 fully saturated rings. The third-order valence-corrected chi connectivity index (χ3v) is 4.74. The number of carbonyl (C=O) groups is 1. The molecule has 3 nitrogen and oxygen atoms in total. The van der Waals surface area contributed by atoms with Gasteiger partial charge in [-0.15, -0.1) is 0 Å². The van der Waals surface area contributed by atoms with Gasteiger partial charge in [-0.1, -0.05) is 60.7 Å². The van der Waals surface area contributed by atoms with Crippen LogP contribution in [0.25, 0.3) is 0 Å². The molecular weight excluding hydrogens is 278 g/mol. The van der Waals surface area contributed by atoms with Gasteiger partial charge in [-0.3, -0.25) is 9.69 Å². The summed E-state index contributed by atoms with van der Waals surface area (Å²) in [6.45, 7) is 4.39. The predicted molar refractivity (Wildman–Crippen MR) is 82.1 cm³/mol. The van der Waals surface area contributed by atoms with Gasteiger partial charge in [0, 0.05) is 12.3 Å². The molecule has 0 unspecified atom stereocenters. The maximum Gasteiger partial charge on any atom is 0.233 e. The smallest absolute Gasteiger partial charge is 0.233 e. The van der Waals surface area contributed by atoms with E-state index in [1.54, 1.807) is 11.8 Å². The number of aliphatic hydroxyl groups is 1. The van der Waals surface area contributed by atoms with Crippen LogP contribution in [0.15, 0.2) is 24.3 Å². The lowest BCUT2D eigenvalue weighted by Crippen LogP contribution is -2.37. The van der Waals surface area contributed by atoms with Crippen molar-refractivity contribution in [3.05, 3.63) is 35.4 Å². The summed E-state index contributed by atoms with van der Waals surface area (Å²) in [5.41, 5.74) is 1.90. The Morgan fingerprint density at radius 1 is 1.42 bits per heavy atom. The summed E-state index contributed by atoms with van der Waals surface area (Å²) in [5.74, 6) is 0.264. The molecule has 0 radical (unpaired) electrons. The number of thiocarbonyl (C=S) groups is 1. The second kappa shape index (κ2) is 6.03. The molecule has 19 heavy (non-hydrogen) atoms. The number of hydrogen-bond donors (Lipinski definition) is 1. The molecule has 0 bridgehead atoms. The van der Waals surface area contributed by atoms with Crippen molar-refractivity contribution in [3.8, 4) is 0 Å². The lowest BCUT2D eigenvalue weighted by molar-refractivity contribution is -0.134. The molecule has 0 saturated carbocycles. The van der Waals surface area contributed by atoms with Crippen LogP contribution >= 0.6 is 24.0 Å². The Labute approximate surface area is 123 Å². The van der Waals surface area contributed by atoms with Crippen molar-refractivity contribution in [2.45, 2.75) is 20.0 Å². The van der Waals surface area contributed by atoms with Gasteiger partial charge < -0.3 is 5.11 Å². The van der Waals surface area contributed by atoms with E-state index in [1.165, 1.54) is 11.8 Å². The molecule has 5 heteroatoms. The van der Waals surface area contributed by atoms with Crippen LogP contribution < -0.4 is 0 Å². The minimum Gasteiger partial charge on any atom is -0.388 e. The van der Waals surface area contributed by atoms with Crippen molar-refractivity contribution in [1.82, 2.24) is 4.90 Å². The van der Waals surface area contributed by atoms with E-state index in [-0.39, 0.29) is 5.91 Å². The van der Waals surface area contributed by atoms with Gasteiger partial charge in [0.05, 0.1) is 12.0 Å². The van der Waals surface area contributed by atoms with Crippen molar-refractivity contribution >= 4 is 34.2 Å². The molecule has 1 aliphatic rings. The van der Waals surface area contributed by atoms with Crippen LogP contribution in [0.3, 0.4) is 0 Å². The molecule has 0 spiro atoms. The molecule has 2 rings (SSSR count). The predicted octanol–water partition coefficient (Wildman–Crippen LogP) is 2.52. The second-order valence-corrected chi connectivity index (χ2v) is 6.48. The molecule has 1 aromatic rings. The topological polar surface area (TPSA) is 40.5 Å². The standard InChI is InChI=1S/C14H17NO2S2/c1-9-3-5-11(6-4-9)12(16)10(2)13(17)15-7-8-19-14(15)18/h3-6,10,12,16H,7-8H2,1-2H3/t10-,12-/m1/s1. The monoisotopic (exact) mass is 295 g/mol. The van der Waals surface area contributed by atoms with E-state index in [1.807, 2.05) is 31.2 Å². The van der Waals surface area contributed by atoms with E-state index in [2.05, 4.69) is 0 Å². The first-order valence-electron chi connectivity index (χ1n) is 6.23. The zero-order valence-corrected chi connectivity index (χ0v) is 12.6. The van der Waals surface area contributed by atoms with Crippen molar-refractivity contribution in [3.63, 3.8) is 0 Å². The number of benzene rings is 1. The van der Waals surface area contributed by atoms with Gasteiger partial charge >= 0.3 is 0 Å². The minimum absolute atomic E-state index is 0.0944. The highest BCUT2D eigenvalue weighted by Gasteiger charge is 2.32. The molecule has 1 saturated heterocycles. The Hall–Kier alpha value is -0.910. The lowest BCUT2D eigenvalue weighted by Gasteiger charge is -2.23. The molecule has 0 aliphatic carbocycles. The van der Waals surface area contributed by atoms with E-state index < -0.39 is 12.0 Å². The summed E-state index contributed by atoms with van der Waals surface area (Å²) in [4.78, 5) is 13.9. The van der Waals surface area contributed by atoms with Crippen LogP contribution in [0, 0.1) is 12.8 Å². The Morgan fingerprint density at radius 3 is 2.58 bits per heavy atom. The van der Waals surface area contributed by atoms with E-state index >= 15 is 0 Å². The molecule has 102 valence electrons. The van der Waals surface area contributed by atoms with Gasteiger partial charge in [0.25, 0.3) is 0 Å². The lowest BCUT2D eigenvalue weighted by atomic mass is 9.95. The van der Waals surface area contributed by atoms with Crippen LogP contribution in [0.1, 0.15) is 24.2 Å². The van der Waals surface area contributed by atoms with Crippen molar-refractivity contribution in [2.75, 3.05) is 12.3 Å². The van der Waals surface area contributed by atoms with E-state index in [4.69, 9.17) is 12.2 Å². The van der Waals surface area contributed by atoms with Gasteiger partial charge in [0.2, 0.25) is 5.91 Å². The Morgan fingerprint density at radius 2 is 2.05 bits per heavy atom. The molecular formula is C14H17NO2S2. The zero-order chi connectivity index (χ0) is 14.0. The fraction of sp³-hybridized carbons (Fsp3) is 0.429.